The molecule has 102 valence electrons. The first kappa shape index (κ1) is 12.0. The predicted octanol–water partition coefficient (Wildman–Crippen LogP) is 3.31. The van der Waals surface area contributed by atoms with Crippen molar-refractivity contribution in [3.63, 3.8) is 0 Å². The first-order valence-corrected chi connectivity index (χ1v) is 6.80. The molecule has 0 bridgehead atoms. The van der Waals surface area contributed by atoms with Crippen molar-refractivity contribution >= 4 is 28.8 Å². The maximum atomic E-state index is 9.59. The average molecular weight is 294 g/mol. The third-order valence-electron chi connectivity index (χ3n) is 3.32. The highest BCUT2D eigenvalue weighted by molar-refractivity contribution is 7.71. The van der Waals surface area contributed by atoms with Gasteiger partial charge in [0.2, 0.25) is 4.77 Å². The molecule has 0 saturated carbocycles. The van der Waals surface area contributed by atoms with E-state index in [-0.39, 0.29) is 5.75 Å². The first-order chi connectivity index (χ1) is 10.2. The van der Waals surface area contributed by atoms with Crippen LogP contribution in [-0.4, -0.2) is 24.7 Å². The van der Waals surface area contributed by atoms with Gasteiger partial charge in [0, 0.05) is 10.9 Å². The quantitative estimate of drug-likeness (QED) is 0.529. The molecular formula is C15H10N4OS. The van der Waals surface area contributed by atoms with Crippen molar-refractivity contribution in [2.75, 3.05) is 0 Å². The van der Waals surface area contributed by atoms with Gasteiger partial charge < -0.3 is 5.11 Å². The minimum Gasteiger partial charge on any atom is -0.508 e. The standard InChI is InChI=1S/C15H10N4OS/c20-10-5-3-4-9(8-10)13-17-14-11-6-1-2-7-12(11)16-15(21)19(14)18-13/h1-8,20H,(H,17,18). The Morgan fingerprint density at radius 1 is 1.05 bits per heavy atom. The van der Waals surface area contributed by atoms with E-state index in [1.165, 1.54) is 0 Å². The molecule has 0 atom stereocenters. The lowest BCUT2D eigenvalue weighted by Gasteiger charge is -1.98. The molecule has 0 saturated heterocycles. The zero-order chi connectivity index (χ0) is 14.4. The van der Waals surface area contributed by atoms with Gasteiger partial charge in [-0.25, -0.2) is 14.5 Å². The van der Waals surface area contributed by atoms with Crippen molar-refractivity contribution in [3.05, 3.63) is 53.3 Å². The summed E-state index contributed by atoms with van der Waals surface area (Å²) in [7, 11) is 0. The van der Waals surface area contributed by atoms with Crippen LogP contribution in [0.25, 0.3) is 27.9 Å². The van der Waals surface area contributed by atoms with Gasteiger partial charge in [-0.1, -0.05) is 24.3 Å². The summed E-state index contributed by atoms with van der Waals surface area (Å²) in [5.74, 6) is 0.828. The number of benzene rings is 2. The maximum absolute atomic E-state index is 9.59. The molecule has 0 radical (unpaired) electrons. The Labute approximate surface area is 124 Å². The molecule has 0 fully saturated rings. The van der Waals surface area contributed by atoms with E-state index in [1.54, 1.807) is 22.7 Å². The molecule has 0 unspecified atom stereocenters. The van der Waals surface area contributed by atoms with Gasteiger partial charge in [0.05, 0.1) is 5.52 Å². The van der Waals surface area contributed by atoms with Crippen LogP contribution in [0.2, 0.25) is 0 Å². The van der Waals surface area contributed by atoms with Crippen molar-refractivity contribution in [2.24, 2.45) is 0 Å². The van der Waals surface area contributed by atoms with Crippen LogP contribution in [0.1, 0.15) is 0 Å². The molecule has 0 aliphatic carbocycles. The number of rotatable bonds is 1. The van der Waals surface area contributed by atoms with E-state index in [0.717, 1.165) is 22.1 Å². The molecule has 2 aromatic carbocycles. The van der Waals surface area contributed by atoms with Gasteiger partial charge in [0.1, 0.15) is 5.75 Å². The Morgan fingerprint density at radius 3 is 2.76 bits per heavy atom. The van der Waals surface area contributed by atoms with E-state index in [1.807, 2.05) is 30.3 Å². The van der Waals surface area contributed by atoms with Crippen LogP contribution >= 0.6 is 12.2 Å². The third-order valence-corrected chi connectivity index (χ3v) is 3.59. The highest BCUT2D eigenvalue weighted by Crippen LogP contribution is 2.23. The van der Waals surface area contributed by atoms with Crippen molar-refractivity contribution in [1.82, 2.24) is 19.6 Å². The van der Waals surface area contributed by atoms with Crippen LogP contribution in [0.5, 0.6) is 5.75 Å². The van der Waals surface area contributed by atoms with Gasteiger partial charge in [0.25, 0.3) is 0 Å². The molecular weight excluding hydrogens is 284 g/mol. The Bertz CT molecular complexity index is 1030. The van der Waals surface area contributed by atoms with Crippen LogP contribution in [0, 0.1) is 4.77 Å². The molecule has 4 aromatic rings. The zero-order valence-corrected chi connectivity index (χ0v) is 11.6. The summed E-state index contributed by atoms with van der Waals surface area (Å²) in [4.78, 5) is 8.99. The van der Waals surface area contributed by atoms with Gasteiger partial charge >= 0.3 is 0 Å². The maximum Gasteiger partial charge on any atom is 0.221 e. The number of H-pyrrole nitrogens is 1. The zero-order valence-electron chi connectivity index (χ0n) is 10.8. The molecule has 2 aromatic heterocycles. The van der Waals surface area contributed by atoms with Crippen LogP contribution < -0.4 is 0 Å². The lowest BCUT2D eigenvalue weighted by Crippen LogP contribution is -1.94. The second-order valence-corrected chi connectivity index (χ2v) is 5.06. The number of nitrogens with zero attached hydrogens (tertiary/aromatic N) is 3. The van der Waals surface area contributed by atoms with Crippen molar-refractivity contribution in [3.8, 4) is 17.1 Å². The molecule has 6 heteroatoms. The molecule has 2 heterocycles. The SMILES string of the molecule is Oc1cccc(-c2nc3c4ccccc4nc(=S)n3[nH]2)c1. The van der Waals surface area contributed by atoms with Crippen molar-refractivity contribution in [2.45, 2.75) is 0 Å². The summed E-state index contributed by atoms with van der Waals surface area (Å²) in [6.45, 7) is 0. The number of aromatic nitrogens is 4. The number of fused-ring (bicyclic) bond motifs is 3. The van der Waals surface area contributed by atoms with E-state index >= 15 is 0 Å². The lowest BCUT2D eigenvalue weighted by molar-refractivity contribution is 0.475. The Hall–Kier alpha value is -2.73. The van der Waals surface area contributed by atoms with Gasteiger partial charge in [0.15, 0.2) is 11.5 Å². The second kappa shape index (κ2) is 4.39. The highest BCUT2D eigenvalue weighted by Gasteiger charge is 2.10. The average Bonchev–Trinajstić information content (AvgIpc) is 2.93. The van der Waals surface area contributed by atoms with Crippen LogP contribution in [0.15, 0.2) is 48.5 Å². The topological polar surface area (TPSA) is 66.2 Å². The number of phenols is 1. The van der Waals surface area contributed by atoms with Gasteiger partial charge in [-0.05, 0) is 36.5 Å². The largest absolute Gasteiger partial charge is 0.508 e. The highest BCUT2D eigenvalue weighted by atomic mass is 32.1. The minimum atomic E-state index is 0.194. The number of aromatic amines is 1. The number of phenolic OH excluding ortho intramolecular Hbond substituents is 1. The fourth-order valence-corrected chi connectivity index (χ4v) is 2.58. The number of para-hydroxylation sites is 1. The van der Waals surface area contributed by atoms with E-state index in [4.69, 9.17) is 12.2 Å². The molecule has 2 N–H and O–H groups in total. The van der Waals surface area contributed by atoms with Crippen LogP contribution in [0.4, 0.5) is 0 Å². The number of hydrogen-bond donors (Lipinski definition) is 2. The number of aromatic hydroxyl groups is 1. The summed E-state index contributed by atoms with van der Waals surface area (Å²) in [6.07, 6.45) is 0. The third kappa shape index (κ3) is 1.88. The van der Waals surface area contributed by atoms with Gasteiger partial charge in [-0.2, -0.15) is 0 Å². The fraction of sp³-hybridized carbons (Fsp3) is 0. The normalized spacial score (nSPS) is 11.2. The molecule has 0 aliphatic rings. The number of nitrogens with one attached hydrogen (secondary N) is 1. The molecule has 4 rings (SSSR count). The Morgan fingerprint density at radius 2 is 1.90 bits per heavy atom. The molecule has 0 aliphatic heterocycles. The molecule has 0 amide bonds. The molecule has 21 heavy (non-hydrogen) atoms. The molecule has 0 spiro atoms. The predicted molar refractivity (Wildman–Crippen MR) is 82.8 cm³/mol. The van der Waals surface area contributed by atoms with Crippen LogP contribution in [-0.2, 0) is 0 Å². The smallest absolute Gasteiger partial charge is 0.221 e. The monoisotopic (exact) mass is 294 g/mol. The van der Waals surface area contributed by atoms with Gasteiger partial charge in [-0.3, -0.25) is 5.10 Å². The summed E-state index contributed by atoms with van der Waals surface area (Å²) in [5, 5.41) is 13.6. The summed E-state index contributed by atoms with van der Waals surface area (Å²) >= 11 is 5.30. The van der Waals surface area contributed by atoms with Crippen molar-refractivity contribution < 1.29 is 5.11 Å². The first-order valence-electron chi connectivity index (χ1n) is 6.39. The lowest BCUT2D eigenvalue weighted by atomic mass is 10.2. The Balaban J connectivity index is 2.08. The van der Waals surface area contributed by atoms with Crippen molar-refractivity contribution in [1.29, 1.82) is 0 Å². The van der Waals surface area contributed by atoms with Crippen LogP contribution in [0.3, 0.4) is 0 Å². The van der Waals surface area contributed by atoms with E-state index < -0.39 is 0 Å². The summed E-state index contributed by atoms with van der Waals surface area (Å²) < 4.78 is 2.10. The van der Waals surface area contributed by atoms with Gasteiger partial charge in [-0.15, -0.1) is 0 Å². The van der Waals surface area contributed by atoms with E-state index in [9.17, 15) is 5.11 Å². The molecule has 5 nitrogen and oxygen atoms in total. The fourth-order valence-electron chi connectivity index (χ4n) is 2.35. The van der Waals surface area contributed by atoms with E-state index in [0.29, 0.717) is 10.6 Å². The Kier molecular flexibility index (Phi) is 2.52. The summed E-state index contributed by atoms with van der Waals surface area (Å²) in [6, 6.07) is 14.6. The minimum absolute atomic E-state index is 0.194. The second-order valence-electron chi connectivity index (χ2n) is 4.69. The number of hydrogen-bond acceptors (Lipinski definition) is 4. The van der Waals surface area contributed by atoms with E-state index in [2.05, 4.69) is 15.1 Å². The summed E-state index contributed by atoms with van der Waals surface area (Å²) in [5.41, 5.74) is 2.33.